The Balaban J connectivity index is 2.99. The van der Waals surface area contributed by atoms with Gasteiger partial charge in [0.25, 0.3) is 0 Å². The van der Waals surface area contributed by atoms with Gasteiger partial charge in [-0.25, -0.2) is 9.59 Å². The average molecular weight is 793 g/mol. The number of aliphatic hydroxyl groups is 2. The van der Waals surface area contributed by atoms with Crippen molar-refractivity contribution in [1.29, 1.82) is 0 Å². The van der Waals surface area contributed by atoms with Crippen molar-refractivity contribution < 1.29 is 104 Å². The Bertz CT molecular complexity index is 1210. The number of aliphatic hydroxyl groups excluding tert-OH is 2. The first kappa shape index (κ1) is 46.3. The summed E-state index contributed by atoms with van der Waals surface area (Å²) in [5, 5.41) is 22.6. The second kappa shape index (κ2) is 15.0. The summed E-state index contributed by atoms with van der Waals surface area (Å²) in [6.07, 6.45) is -12.7. The number of carbonyl (C=O) groups is 2. The van der Waals surface area contributed by atoms with Gasteiger partial charge in [0.1, 0.15) is 6.61 Å². The zero-order valence-corrected chi connectivity index (χ0v) is 26.5. The quantitative estimate of drug-likeness (QED) is 0.125. The first-order valence-electron chi connectivity index (χ1n) is 14.3. The molecular formula is C26H33F17N2O6. The summed E-state index contributed by atoms with van der Waals surface area (Å²) in [5.41, 5.74) is -1.53. The molecule has 1 aliphatic carbocycles. The molecule has 0 spiro atoms. The van der Waals surface area contributed by atoms with E-state index in [-0.39, 0.29) is 19.4 Å². The second-order valence-electron chi connectivity index (χ2n) is 13.1. The third kappa shape index (κ3) is 9.26. The number of rotatable bonds is 16. The predicted molar refractivity (Wildman–Crippen MR) is 136 cm³/mol. The Labute approximate surface area is 277 Å². The fraction of sp³-hybridized carbons (Fsp3) is 0.923. The Hall–Kier alpha value is -2.73. The van der Waals surface area contributed by atoms with Gasteiger partial charge in [-0.3, -0.25) is 0 Å². The van der Waals surface area contributed by atoms with E-state index in [1.165, 1.54) is 0 Å². The third-order valence-corrected chi connectivity index (χ3v) is 7.83. The van der Waals surface area contributed by atoms with Gasteiger partial charge < -0.3 is 30.3 Å². The first-order valence-corrected chi connectivity index (χ1v) is 14.3. The molecule has 2 unspecified atom stereocenters. The molecule has 25 heteroatoms. The molecule has 0 saturated heterocycles. The smallest absolute Gasteiger partial charge is 0.449 e. The van der Waals surface area contributed by atoms with Crippen molar-refractivity contribution in [2.75, 3.05) is 33.0 Å². The topological polar surface area (TPSA) is 117 Å². The lowest BCUT2D eigenvalue weighted by molar-refractivity contribution is -0.461. The van der Waals surface area contributed by atoms with Crippen molar-refractivity contribution >= 4 is 12.2 Å². The van der Waals surface area contributed by atoms with Gasteiger partial charge in [-0.2, -0.15) is 74.6 Å². The number of alkyl halides is 17. The first-order chi connectivity index (χ1) is 22.5. The summed E-state index contributed by atoms with van der Waals surface area (Å²) in [6.45, 7) is 1.16. The van der Waals surface area contributed by atoms with Gasteiger partial charge in [-0.1, -0.05) is 20.8 Å². The molecule has 302 valence electrons. The molecule has 1 saturated carbocycles. The van der Waals surface area contributed by atoms with Gasteiger partial charge >= 0.3 is 59.8 Å². The van der Waals surface area contributed by atoms with Crippen LogP contribution < -0.4 is 10.6 Å². The zero-order valence-electron chi connectivity index (χ0n) is 26.5. The van der Waals surface area contributed by atoms with Crippen LogP contribution in [0, 0.1) is 16.7 Å². The highest BCUT2D eigenvalue weighted by Crippen LogP contribution is 2.64. The molecule has 0 aromatic rings. The number of halogens is 17. The number of hydrogen-bond donors (Lipinski definition) is 4. The van der Waals surface area contributed by atoms with E-state index in [2.05, 4.69) is 10.1 Å². The fourth-order valence-electron chi connectivity index (χ4n) is 5.40. The minimum Gasteiger partial charge on any atom is -0.449 e. The van der Waals surface area contributed by atoms with Gasteiger partial charge in [-0.05, 0) is 30.1 Å². The molecule has 0 bridgehead atoms. The standard InChI is InChI=1S/C26H33F17N2O6/c1-17(2)6-14(45-16(49)51-10-13(8-46)9-47)7-18(3,11-17)12-44-15(48)50-5-4-19(27,28)20(29,30)21(31,32)22(33,34)23(35,36)24(37,38)25(39,40)26(41,42)43/h13-14,46-47H,4-12H2,1-3H3,(H,44,48)(H,45,49). The van der Waals surface area contributed by atoms with Crippen LogP contribution >= 0.6 is 0 Å². The van der Waals surface area contributed by atoms with E-state index in [9.17, 15) is 84.2 Å². The van der Waals surface area contributed by atoms with Crippen LogP contribution in [0.4, 0.5) is 84.2 Å². The van der Waals surface area contributed by atoms with E-state index in [1.807, 2.05) is 5.32 Å². The molecule has 0 aromatic carbocycles. The summed E-state index contributed by atoms with van der Waals surface area (Å²) in [4.78, 5) is 24.2. The molecule has 51 heavy (non-hydrogen) atoms. The van der Waals surface area contributed by atoms with Crippen LogP contribution in [-0.2, 0) is 9.47 Å². The Morgan fingerprint density at radius 3 is 1.59 bits per heavy atom. The number of amides is 2. The number of hydrogen-bond acceptors (Lipinski definition) is 6. The molecule has 8 nitrogen and oxygen atoms in total. The predicted octanol–water partition coefficient (Wildman–Crippen LogP) is 7.02. The molecule has 1 fully saturated rings. The average Bonchev–Trinajstić information content (AvgIpc) is 2.94. The van der Waals surface area contributed by atoms with Gasteiger partial charge in [0.05, 0.1) is 26.2 Å². The monoisotopic (exact) mass is 792 g/mol. The molecule has 1 aliphatic rings. The minimum absolute atomic E-state index is 0.0847. The lowest BCUT2D eigenvalue weighted by atomic mass is 9.62. The van der Waals surface area contributed by atoms with E-state index < -0.39 is 115 Å². The molecule has 2 amide bonds. The van der Waals surface area contributed by atoms with Crippen molar-refractivity contribution in [2.24, 2.45) is 16.7 Å². The number of carbonyl (C=O) groups excluding carboxylic acids is 2. The maximum absolute atomic E-state index is 14.1. The largest absolute Gasteiger partial charge is 0.460 e. The highest BCUT2D eigenvalue weighted by molar-refractivity contribution is 5.68. The van der Waals surface area contributed by atoms with Gasteiger partial charge in [0, 0.05) is 18.5 Å². The summed E-state index contributed by atoms with van der Waals surface area (Å²) in [7, 11) is 0. The van der Waals surface area contributed by atoms with E-state index in [4.69, 9.17) is 14.9 Å². The molecule has 4 N–H and O–H groups in total. The van der Waals surface area contributed by atoms with Gasteiger partial charge in [-0.15, -0.1) is 0 Å². The Kier molecular flexibility index (Phi) is 13.6. The summed E-state index contributed by atoms with van der Waals surface area (Å²) < 4.78 is 237. The van der Waals surface area contributed by atoms with Crippen LogP contribution in [0.25, 0.3) is 0 Å². The summed E-state index contributed by atoms with van der Waals surface area (Å²) in [5.74, 6) is -58.1. The highest BCUT2D eigenvalue weighted by Gasteiger charge is 2.95. The molecule has 0 aromatic heterocycles. The van der Waals surface area contributed by atoms with Crippen LogP contribution in [0.15, 0.2) is 0 Å². The van der Waals surface area contributed by atoms with Crippen molar-refractivity contribution in [1.82, 2.24) is 10.6 Å². The van der Waals surface area contributed by atoms with Gasteiger partial charge in [0.15, 0.2) is 0 Å². The van der Waals surface area contributed by atoms with Crippen molar-refractivity contribution in [3.05, 3.63) is 0 Å². The van der Waals surface area contributed by atoms with Crippen LogP contribution in [0.3, 0.4) is 0 Å². The third-order valence-electron chi connectivity index (χ3n) is 7.83. The Morgan fingerprint density at radius 1 is 0.686 bits per heavy atom. The van der Waals surface area contributed by atoms with Crippen molar-refractivity contribution in [3.63, 3.8) is 0 Å². The van der Waals surface area contributed by atoms with E-state index in [0.717, 1.165) is 0 Å². The van der Waals surface area contributed by atoms with Crippen LogP contribution in [0.1, 0.15) is 46.5 Å². The van der Waals surface area contributed by atoms with E-state index >= 15 is 0 Å². The summed E-state index contributed by atoms with van der Waals surface area (Å²) in [6, 6.07) is -0.640. The van der Waals surface area contributed by atoms with Crippen LogP contribution in [-0.4, -0.2) is 109 Å². The van der Waals surface area contributed by atoms with E-state index in [1.54, 1.807) is 20.8 Å². The molecular weight excluding hydrogens is 759 g/mol. The number of nitrogens with one attached hydrogen (secondary N) is 2. The minimum atomic E-state index is -8.74. The van der Waals surface area contributed by atoms with Crippen molar-refractivity contribution in [3.8, 4) is 0 Å². The number of ether oxygens (including phenoxy) is 2. The Morgan fingerprint density at radius 2 is 1.14 bits per heavy atom. The number of alkyl carbamates (subject to hydrolysis) is 2. The molecule has 2 atom stereocenters. The second-order valence-corrected chi connectivity index (χ2v) is 13.1. The highest BCUT2D eigenvalue weighted by atomic mass is 19.4. The maximum atomic E-state index is 14.1. The molecule has 0 radical (unpaired) electrons. The maximum Gasteiger partial charge on any atom is 0.460 e. The zero-order chi connectivity index (χ0) is 40.5. The van der Waals surface area contributed by atoms with Crippen molar-refractivity contribution in [2.45, 2.75) is 100 Å². The molecule has 0 heterocycles. The molecule has 1 rings (SSSR count). The van der Waals surface area contributed by atoms with Crippen LogP contribution in [0.5, 0.6) is 0 Å². The summed E-state index contributed by atoms with van der Waals surface area (Å²) >= 11 is 0. The van der Waals surface area contributed by atoms with Crippen LogP contribution in [0.2, 0.25) is 0 Å². The molecule has 0 aliphatic heterocycles. The normalized spacial score (nSPS) is 21.4. The SMILES string of the molecule is CC1(C)CC(NC(=O)OCC(CO)CO)CC(C)(CNC(=O)OCCC(F)(F)C(F)(F)C(F)(F)C(F)(F)C(F)(F)C(F)(F)C(F)(F)C(F)(F)F)C1. The van der Waals surface area contributed by atoms with Gasteiger partial charge in [0.2, 0.25) is 0 Å². The lowest BCUT2D eigenvalue weighted by Crippen LogP contribution is -2.74. The lowest BCUT2D eigenvalue weighted by Gasteiger charge is -2.46. The fourth-order valence-corrected chi connectivity index (χ4v) is 5.40. The van der Waals surface area contributed by atoms with E-state index in [0.29, 0.717) is 6.42 Å².